The Kier molecular flexibility index (Phi) is 5.79. The summed E-state index contributed by atoms with van der Waals surface area (Å²) in [6.07, 6.45) is -4.32. The lowest BCUT2D eigenvalue weighted by Gasteiger charge is -2.36. The smallest absolute Gasteiger partial charge is 0.416 e. The number of alkyl halides is 3. The molecule has 1 aliphatic heterocycles. The quantitative estimate of drug-likeness (QED) is 0.782. The predicted molar refractivity (Wildman–Crippen MR) is 98.5 cm³/mol. The highest BCUT2D eigenvalue weighted by molar-refractivity contribution is 5.49. The molecule has 4 nitrogen and oxygen atoms in total. The maximum Gasteiger partial charge on any atom is 0.416 e. The third kappa shape index (κ3) is 4.66. The number of benzene rings is 2. The van der Waals surface area contributed by atoms with Gasteiger partial charge in [-0.15, -0.1) is 0 Å². The van der Waals surface area contributed by atoms with Crippen LogP contribution in [0.3, 0.4) is 0 Å². The van der Waals surface area contributed by atoms with E-state index >= 15 is 0 Å². The van der Waals surface area contributed by atoms with Crippen molar-refractivity contribution in [2.75, 3.05) is 45.3 Å². The van der Waals surface area contributed by atoms with Gasteiger partial charge in [-0.25, -0.2) is 0 Å². The maximum atomic E-state index is 12.9. The van der Waals surface area contributed by atoms with E-state index in [1.165, 1.54) is 12.1 Å². The van der Waals surface area contributed by atoms with Gasteiger partial charge in [0.2, 0.25) is 0 Å². The molecule has 1 saturated heterocycles. The molecular weight excluding hydrogens is 357 g/mol. The van der Waals surface area contributed by atoms with Crippen molar-refractivity contribution >= 4 is 5.69 Å². The number of piperazine rings is 1. The van der Waals surface area contributed by atoms with E-state index < -0.39 is 11.7 Å². The van der Waals surface area contributed by atoms with Gasteiger partial charge in [0.05, 0.1) is 19.8 Å². The van der Waals surface area contributed by atoms with Crippen LogP contribution in [0.2, 0.25) is 0 Å². The molecule has 3 rings (SSSR count). The third-order valence-electron chi connectivity index (χ3n) is 4.79. The van der Waals surface area contributed by atoms with Crippen LogP contribution in [0.25, 0.3) is 0 Å². The summed E-state index contributed by atoms with van der Waals surface area (Å²) in [7, 11) is 3.26. The fourth-order valence-electron chi connectivity index (χ4n) is 3.29. The standard InChI is InChI=1S/C20H23F3N2O2/c1-26-18-6-7-19(27-2)15(12-18)14-24-8-10-25(11-9-24)17-5-3-4-16(13-17)20(21,22)23/h3-7,12-13H,8-11,14H2,1-2H3. The minimum atomic E-state index is -4.32. The molecule has 0 aliphatic carbocycles. The first-order valence-corrected chi connectivity index (χ1v) is 8.76. The van der Waals surface area contributed by atoms with Crippen molar-refractivity contribution in [3.8, 4) is 11.5 Å². The summed E-state index contributed by atoms with van der Waals surface area (Å²) < 4.78 is 49.5. The average molecular weight is 380 g/mol. The lowest BCUT2D eigenvalue weighted by atomic mass is 10.1. The van der Waals surface area contributed by atoms with Crippen LogP contribution in [0.5, 0.6) is 11.5 Å². The molecule has 27 heavy (non-hydrogen) atoms. The molecular formula is C20H23F3N2O2. The molecule has 2 aromatic carbocycles. The highest BCUT2D eigenvalue weighted by atomic mass is 19.4. The van der Waals surface area contributed by atoms with Gasteiger partial charge in [-0.1, -0.05) is 6.07 Å². The average Bonchev–Trinajstić information content (AvgIpc) is 2.68. The molecule has 0 atom stereocenters. The molecule has 0 spiro atoms. The lowest BCUT2D eigenvalue weighted by Crippen LogP contribution is -2.46. The van der Waals surface area contributed by atoms with Gasteiger partial charge >= 0.3 is 6.18 Å². The Morgan fingerprint density at radius 2 is 1.67 bits per heavy atom. The second-order valence-electron chi connectivity index (χ2n) is 6.49. The zero-order valence-corrected chi connectivity index (χ0v) is 15.4. The van der Waals surface area contributed by atoms with Crippen LogP contribution >= 0.6 is 0 Å². The predicted octanol–water partition coefficient (Wildman–Crippen LogP) is 4.04. The molecule has 0 amide bonds. The molecule has 0 saturated carbocycles. The summed E-state index contributed by atoms with van der Waals surface area (Å²) in [6, 6.07) is 11.2. The van der Waals surface area contributed by atoms with E-state index in [-0.39, 0.29) is 0 Å². The van der Waals surface area contributed by atoms with Crippen molar-refractivity contribution in [2.24, 2.45) is 0 Å². The maximum absolute atomic E-state index is 12.9. The fourth-order valence-corrected chi connectivity index (χ4v) is 3.29. The van der Waals surface area contributed by atoms with Gasteiger partial charge in [-0.2, -0.15) is 13.2 Å². The molecule has 0 N–H and O–H groups in total. The fraction of sp³-hybridized carbons (Fsp3) is 0.400. The van der Waals surface area contributed by atoms with Crippen LogP contribution < -0.4 is 14.4 Å². The van der Waals surface area contributed by atoms with Crippen molar-refractivity contribution in [2.45, 2.75) is 12.7 Å². The first-order valence-electron chi connectivity index (χ1n) is 8.76. The van der Waals surface area contributed by atoms with Crippen LogP contribution in [0, 0.1) is 0 Å². The van der Waals surface area contributed by atoms with Crippen LogP contribution in [0.1, 0.15) is 11.1 Å². The molecule has 146 valence electrons. The molecule has 0 bridgehead atoms. The summed E-state index contributed by atoms with van der Waals surface area (Å²) in [6.45, 7) is 3.57. The van der Waals surface area contributed by atoms with Gasteiger partial charge in [0.1, 0.15) is 11.5 Å². The third-order valence-corrected chi connectivity index (χ3v) is 4.79. The lowest BCUT2D eigenvalue weighted by molar-refractivity contribution is -0.137. The zero-order valence-electron chi connectivity index (χ0n) is 15.4. The second kappa shape index (κ2) is 8.08. The molecule has 2 aromatic rings. The number of rotatable bonds is 5. The molecule has 0 unspecified atom stereocenters. The number of methoxy groups -OCH3 is 2. The van der Waals surface area contributed by atoms with Crippen molar-refractivity contribution in [1.29, 1.82) is 0 Å². The SMILES string of the molecule is COc1ccc(OC)c(CN2CCN(c3cccc(C(F)(F)F)c3)CC2)c1. The van der Waals surface area contributed by atoms with E-state index in [1.807, 2.05) is 23.1 Å². The largest absolute Gasteiger partial charge is 0.497 e. The highest BCUT2D eigenvalue weighted by Crippen LogP contribution is 2.32. The molecule has 0 radical (unpaired) electrons. The molecule has 7 heteroatoms. The topological polar surface area (TPSA) is 24.9 Å². The minimum Gasteiger partial charge on any atom is -0.497 e. The molecule has 1 fully saturated rings. The summed E-state index contributed by atoms with van der Waals surface area (Å²) in [4.78, 5) is 4.26. The van der Waals surface area contributed by atoms with E-state index in [1.54, 1.807) is 20.3 Å². The second-order valence-corrected chi connectivity index (χ2v) is 6.49. The van der Waals surface area contributed by atoms with Gasteiger partial charge in [-0.05, 0) is 36.4 Å². The number of hydrogen-bond acceptors (Lipinski definition) is 4. The van der Waals surface area contributed by atoms with Gasteiger partial charge in [-0.3, -0.25) is 4.90 Å². The number of anilines is 1. The Morgan fingerprint density at radius 1 is 0.926 bits per heavy atom. The molecule has 0 aromatic heterocycles. The van der Waals surface area contributed by atoms with E-state index in [2.05, 4.69) is 4.90 Å². The Bertz CT molecular complexity index is 772. The minimum absolute atomic E-state index is 0.608. The number of nitrogens with zero attached hydrogens (tertiary/aromatic N) is 2. The monoisotopic (exact) mass is 380 g/mol. The Morgan fingerprint density at radius 3 is 2.30 bits per heavy atom. The van der Waals surface area contributed by atoms with Gasteiger partial charge in [0.25, 0.3) is 0 Å². The van der Waals surface area contributed by atoms with Gasteiger partial charge < -0.3 is 14.4 Å². The summed E-state index contributed by atoms with van der Waals surface area (Å²) in [5.74, 6) is 1.57. The Balaban J connectivity index is 1.65. The summed E-state index contributed by atoms with van der Waals surface area (Å²) in [5.41, 5.74) is 1.04. The first kappa shape index (κ1) is 19.4. The first-order chi connectivity index (χ1) is 12.9. The van der Waals surface area contributed by atoms with Crippen LogP contribution in [-0.4, -0.2) is 45.3 Å². The van der Waals surface area contributed by atoms with E-state index in [0.717, 1.165) is 36.2 Å². The number of hydrogen-bond donors (Lipinski definition) is 0. The Hall–Kier alpha value is -2.41. The highest BCUT2D eigenvalue weighted by Gasteiger charge is 2.31. The van der Waals surface area contributed by atoms with Crippen LogP contribution in [0.15, 0.2) is 42.5 Å². The molecule has 1 heterocycles. The van der Waals surface area contributed by atoms with Crippen LogP contribution in [0.4, 0.5) is 18.9 Å². The number of ether oxygens (including phenoxy) is 2. The zero-order chi connectivity index (χ0) is 19.4. The van der Waals surface area contributed by atoms with Crippen LogP contribution in [-0.2, 0) is 12.7 Å². The van der Waals surface area contributed by atoms with E-state index in [4.69, 9.17) is 9.47 Å². The van der Waals surface area contributed by atoms with Crippen molar-refractivity contribution < 1.29 is 22.6 Å². The van der Waals surface area contributed by atoms with E-state index in [0.29, 0.717) is 25.3 Å². The van der Waals surface area contributed by atoms with E-state index in [9.17, 15) is 13.2 Å². The summed E-state index contributed by atoms with van der Waals surface area (Å²) >= 11 is 0. The van der Waals surface area contributed by atoms with Crippen molar-refractivity contribution in [3.63, 3.8) is 0 Å². The summed E-state index contributed by atoms with van der Waals surface area (Å²) in [5, 5.41) is 0. The number of halogens is 3. The normalized spacial score (nSPS) is 15.7. The van der Waals surface area contributed by atoms with Gasteiger partial charge in [0, 0.05) is 44.0 Å². The Labute approximate surface area is 157 Å². The van der Waals surface area contributed by atoms with Gasteiger partial charge in [0.15, 0.2) is 0 Å². The van der Waals surface area contributed by atoms with Crippen molar-refractivity contribution in [3.05, 3.63) is 53.6 Å². The molecule has 1 aliphatic rings. The van der Waals surface area contributed by atoms with Crippen molar-refractivity contribution in [1.82, 2.24) is 4.90 Å².